The number of halogens is 1. The molecule has 1 nitrogen and oxygen atoms in total. The number of thiophene rings is 1. The van der Waals surface area contributed by atoms with Crippen LogP contribution in [-0.2, 0) is 0 Å². The molecule has 0 aliphatic rings. The highest BCUT2D eigenvalue weighted by Gasteiger charge is 2.12. The molecule has 1 heterocycles. The van der Waals surface area contributed by atoms with Crippen LogP contribution in [0.25, 0.3) is 10.1 Å². The van der Waals surface area contributed by atoms with Gasteiger partial charge in [-0.2, -0.15) is 0 Å². The summed E-state index contributed by atoms with van der Waals surface area (Å²) in [6.45, 7) is 1.99. The minimum Gasteiger partial charge on any atom is -0.388 e. The molecule has 1 atom stereocenters. The molecule has 74 valence electrons. The van der Waals surface area contributed by atoms with Crippen molar-refractivity contribution in [1.29, 1.82) is 0 Å². The molecule has 3 heteroatoms. The van der Waals surface area contributed by atoms with Crippen LogP contribution in [0.5, 0.6) is 0 Å². The lowest BCUT2D eigenvalue weighted by atomic mass is 10.1. The Kier molecular flexibility index (Phi) is 2.91. The fraction of sp³-hybridized carbons (Fsp3) is 0.273. The zero-order chi connectivity index (χ0) is 10.1. The van der Waals surface area contributed by atoms with Crippen LogP contribution in [0.4, 0.5) is 0 Å². The first-order chi connectivity index (χ1) is 6.74. The first-order valence-corrected chi connectivity index (χ1v) is 6.25. The number of fused-ring (bicyclic) bond motifs is 1. The predicted octanol–water partition coefficient (Wildman–Crippen LogP) is 4.11. The van der Waals surface area contributed by atoms with Gasteiger partial charge in [0.15, 0.2) is 0 Å². The molecule has 2 aromatic rings. The molecule has 14 heavy (non-hydrogen) atoms. The summed E-state index contributed by atoms with van der Waals surface area (Å²) in [6, 6.07) is 6.09. The highest BCUT2D eigenvalue weighted by molar-refractivity contribution is 9.10. The second kappa shape index (κ2) is 4.01. The van der Waals surface area contributed by atoms with Crippen molar-refractivity contribution in [1.82, 2.24) is 0 Å². The Hall–Kier alpha value is -0.380. The molecule has 1 N–H and O–H groups in total. The Bertz CT molecular complexity index is 449. The van der Waals surface area contributed by atoms with Gasteiger partial charge in [-0.1, -0.05) is 19.1 Å². The van der Waals surface area contributed by atoms with Crippen LogP contribution in [0.3, 0.4) is 0 Å². The fourth-order valence-corrected chi connectivity index (χ4v) is 3.19. The Morgan fingerprint density at radius 2 is 2.29 bits per heavy atom. The third kappa shape index (κ3) is 1.60. The second-order valence-corrected chi connectivity index (χ2v) is 4.97. The van der Waals surface area contributed by atoms with Gasteiger partial charge >= 0.3 is 0 Å². The Morgan fingerprint density at radius 3 is 3.00 bits per heavy atom. The van der Waals surface area contributed by atoms with Gasteiger partial charge in [-0.15, -0.1) is 11.3 Å². The van der Waals surface area contributed by atoms with Crippen molar-refractivity contribution in [3.05, 3.63) is 33.6 Å². The standard InChI is InChI=1S/C11H11BrOS/c1-2-10(13)8-6-14-11-7(8)4-3-5-9(11)12/h3-6,10,13H,2H2,1H3/t10-/m1/s1. The summed E-state index contributed by atoms with van der Waals surface area (Å²) in [5.74, 6) is 0. The van der Waals surface area contributed by atoms with E-state index < -0.39 is 0 Å². The highest BCUT2D eigenvalue weighted by atomic mass is 79.9. The molecule has 0 radical (unpaired) electrons. The number of rotatable bonds is 2. The third-order valence-electron chi connectivity index (χ3n) is 2.33. The van der Waals surface area contributed by atoms with E-state index in [-0.39, 0.29) is 6.10 Å². The van der Waals surface area contributed by atoms with E-state index >= 15 is 0 Å². The Morgan fingerprint density at radius 1 is 1.50 bits per heavy atom. The van der Waals surface area contributed by atoms with Gasteiger partial charge in [0.25, 0.3) is 0 Å². The molecule has 1 aromatic heterocycles. The van der Waals surface area contributed by atoms with Crippen LogP contribution in [0, 0.1) is 0 Å². The summed E-state index contributed by atoms with van der Waals surface area (Å²) in [4.78, 5) is 0. The summed E-state index contributed by atoms with van der Waals surface area (Å²) in [7, 11) is 0. The Balaban J connectivity index is 2.63. The SMILES string of the molecule is CC[C@@H](O)c1csc2c(Br)cccc12. The third-order valence-corrected chi connectivity index (χ3v) is 4.30. The molecule has 0 bridgehead atoms. The summed E-state index contributed by atoms with van der Waals surface area (Å²) in [5.41, 5.74) is 1.05. The minimum atomic E-state index is -0.335. The van der Waals surface area contributed by atoms with E-state index in [1.54, 1.807) is 11.3 Å². The number of hydrogen-bond acceptors (Lipinski definition) is 2. The first-order valence-electron chi connectivity index (χ1n) is 4.57. The van der Waals surface area contributed by atoms with Crippen molar-refractivity contribution in [2.75, 3.05) is 0 Å². The molecular formula is C11H11BrOS. The van der Waals surface area contributed by atoms with Crippen molar-refractivity contribution < 1.29 is 5.11 Å². The van der Waals surface area contributed by atoms with Gasteiger partial charge < -0.3 is 5.11 Å². The van der Waals surface area contributed by atoms with E-state index in [1.807, 2.05) is 24.4 Å². The van der Waals surface area contributed by atoms with Gasteiger partial charge in [0.2, 0.25) is 0 Å². The van der Waals surface area contributed by atoms with Gasteiger partial charge in [-0.3, -0.25) is 0 Å². The van der Waals surface area contributed by atoms with E-state index in [2.05, 4.69) is 22.0 Å². The molecule has 0 aliphatic heterocycles. The maximum Gasteiger partial charge on any atom is 0.0801 e. The largest absolute Gasteiger partial charge is 0.388 e. The van der Waals surface area contributed by atoms with Crippen molar-refractivity contribution in [2.45, 2.75) is 19.4 Å². The number of aliphatic hydroxyl groups is 1. The highest BCUT2D eigenvalue weighted by Crippen LogP contribution is 2.35. The maximum atomic E-state index is 9.80. The molecule has 0 saturated heterocycles. The number of aliphatic hydroxyl groups excluding tert-OH is 1. The zero-order valence-corrected chi connectivity index (χ0v) is 10.2. The molecule has 1 aromatic carbocycles. The van der Waals surface area contributed by atoms with Crippen molar-refractivity contribution in [3.8, 4) is 0 Å². The van der Waals surface area contributed by atoms with E-state index in [1.165, 1.54) is 10.1 Å². The molecule has 0 unspecified atom stereocenters. The average Bonchev–Trinajstić information content (AvgIpc) is 2.62. The molecule has 0 spiro atoms. The van der Waals surface area contributed by atoms with Crippen LogP contribution < -0.4 is 0 Å². The predicted molar refractivity (Wildman–Crippen MR) is 64.8 cm³/mol. The van der Waals surface area contributed by atoms with Gasteiger partial charge in [-0.25, -0.2) is 0 Å². The van der Waals surface area contributed by atoms with Gasteiger partial charge in [0, 0.05) is 9.17 Å². The van der Waals surface area contributed by atoms with Gasteiger partial charge in [-0.05, 0) is 44.7 Å². The minimum absolute atomic E-state index is 0.335. The quantitative estimate of drug-likeness (QED) is 0.871. The lowest BCUT2D eigenvalue weighted by Gasteiger charge is -2.05. The molecular weight excluding hydrogens is 260 g/mol. The monoisotopic (exact) mass is 270 g/mol. The average molecular weight is 271 g/mol. The number of benzene rings is 1. The Labute approximate surface area is 95.5 Å². The molecule has 0 fully saturated rings. The van der Waals surface area contributed by atoms with Crippen LogP contribution >= 0.6 is 27.3 Å². The fourth-order valence-electron chi connectivity index (χ4n) is 1.52. The molecule has 2 rings (SSSR count). The van der Waals surface area contributed by atoms with E-state index in [0.29, 0.717) is 0 Å². The lowest BCUT2D eigenvalue weighted by molar-refractivity contribution is 0.175. The van der Waals surface area contributed by atoms with Crippen molar-refractivity contribution in [3.63, 3.8) is 0 Å². The summed E-state index contributed by atoms with van der Waals surface area (Å²) >= 11 is 5.19. The van der Waals surface area contributed by atoms with E-state index in [9.17, 15) is 5.11 Å². The summed E-state index contributed by atoms with van der Waals surface area (Å²) < 4.78 is 2.32. The molecule has 0 aliphatic carbocycles. The van der Waals surface area contributed by atoms with Gasteiger partial charge in [0.1, 0.15) is 0 Å². The van der Waals surface area contributed by atoms with Crippen LogP contribution in [0.15, 0.2) is 28.1 Å². The maximum absolute atomic E-state index is 9.80. The van der Waals surface area contributed by atoms with E-state index in [4.69, 9.17) is 0 Å². The topological polar surface area (TPSA) is 20.2 Å². The zero-order valence-electron chi connectivity index (χ0n) is 7.83. The molecule has 0 amide bonds. The van der Waals surface area contributed by atoms with Crippen LogP contribution in [0.2, 0.25) is 0 Å². The smallest absolute Gasteiger partial charge is 0.0801 e. The summed E-state index contributed by atoms with van der Waals surface area (Å²) in [6.07, 6.45) is 0.427. The van der Waals surface area contributed by atoms with Gasteiger partial charge in [0.05, 0.1) is 6.10 Å². The van der Waals surface area contributed by atoms with E-state index in [0.717, 1.165) is 16.5 Å². The lowest BCUT2D eigenvalue weighted by Crippen LogP contribution is -1.92. The van der Waals surface area contributed by atoms with Crippen LogP contribution in [-0.4, -0.2) is 5.11 Å². The molecule has 0 saturated carbocycles. The van der Waals surface area contributed by atoms with Crippen molar-refractivity contribution in [2.24, 2.45) is 0 Å². The number of hydrogen-bond donors (Lipinski definition) is 1. The normalized spacial score (nSPS) is 13.4. The summed E-state index contributed by atoms with van der Waals surface area (Å²) in [5, 5.41) is 13.0. The van der Waals surface area contributed by atoms with Crippen molar-refractivity contribution >= 4 is 37.4 Å². The first kappa shape index (κ1) is 10.1. The van der Waals surface area contributed by atoms with Crippen LogP contribution in [0.1, 0.15) is 25.0 Å². The second-order valence-electron chi connectivity index (χ2n) is 3.23.